The molecule has 2 aromatic carbocycles. The minimum atomic E-state index is -0.379. The van der Waals surface area contributed by atoms with Crippen LogP contribution >= 0.6 is 22.9 Å². The highest BCUT2D eigenvalue weighted by Crippen LogP contribution is 2.34. The Hall–Kier alpha value is -3.09. The van der Waals surface area contributed by atoms with Crippen molar-refractivity contribution < 1.29 is 14.3 Å². The van der Waals surface area contributed by atoms with Crippen molar-refractivity contribution in [2.24, 2.45) is 0 Å². The van der Waals surface area contributed by atoms with Gasteiger partial charge in [0, 0.05) is 15.6 Å². The van der Waals surface area contributed by atoms with Gasteiger partial charge in [0.25, 0.3) is 11.8 Å². The number of rotatable bonds is 7. The molecule has 0 bridgehead atoms. The summed E-state index contributed by atoms with van der Waals surface area (Å²) in [5.41, 5.74) is 2.04. The van der Waals surface area contributed by atoms with Gasteiger partial charge in [0.1, 0.15) is 11.4 Å². The van der Waals surface area contributed by atoms with Gasteiger partial charge in [-0.25, -0.2) is 0 Å². The molecule has 1 aromatic heterocycles. The van der Waals surface area contributed by atoms with Crippen LogP contribution in [0, 0.1) is 0 Å². The average molecular weight is 453 g/mol. The molecule has 0 saturated carbocycles. The number of carbonyl (C=O) groups excluding carboxylic acids is 2. The monoisotopic (exact) mass is 452 g/mol. The summed E-state index contributed by atoms with van der Waals surface area (Å²) in [6, 6.07) is 18.2. The molecule has 0 radical (unpaired) electrons. The Morgan fingerprint density at radius 2 is 1.74 bits per heavy atom. The molecule has 2 amide bonds. The highest BCUT2D eigenvalue weighted by atomic mass is 35.5. The van der Waals surface area contributed by atoms with Crippen LogP contribution in [0.3, 0.4) is 0 Å². The first kappa shape index (κ1) is 21.2. The van der Waals surface area contributed by atoms with Gasteiger partial charge >= 0.3 is 0 Å². The molecule has 2 heterocycles. The molecule has 0 unspecified atom stereocenters. The predicted molar refractivity (Wildman–Crippen MR) is 124 cm³/mol. The number of imide groups is 1. The Balaban J connectivity index is 1.65. The molecule has 1 aliphatic heterocycles. The fourth-order valence-corrected chi connectivity index (χ4v) is 4.28. The van der Waals surface area contributed by atoms with E-state index in [1.807, 2.05) is 73.8 Å². The largest absolute Gasteiger partial charge is 0.491 e. The highest BCUT2D eigenvalue weighted by molar-refractivity contribution is 7.11. The van der Waals surface area contributed by atoms with Crippen LogP contribution in [-0.2, 0) is 16.1 Å². The number of amides is 2. The van der Waals surface area contributed by atoms with Gasteiger partial charge in [0.2, 0.25) is 0 Å². The second-order valence-electron chi connectivity index (χ2n) is 7.33. The summed E-state index contributed by atoms with van der Waals surface area (Å²) in [5, 5.41) is 5.55. The number of nitrogens with zero attached hydrogens (tertiary/aromatic N) is 1. The van der Waals surface area contributed by atoms with E-state index in [0.717, 1.165) is 10.6 Å². The number of nitrogens with one attached hydrogen (secondary N) is 1. The van der Waals surface area contributed by atoms with Crippen LogP contribution in [0.1, 0.15) is 24.3 Å². The fraction of sp³-hybridized carbons (Fsp3) is 0.167. The molecular weight excluding hydrogens is 432 g/mol. The summed E-state index contributed by atoms with van der Waals surface area (Å²) in [6.07, 6.45) is 0.0688. The zero-order valence-corrected chi connectivity index (χ0v) is 18.7. The van der Waals surface area contributed by atoms with E-state index in [9.17, 15) is 9.59 Å². The molecule has 0 aliphatic carbocycles. The minimum absolute atomic E-state index is 0.0688. The van der Waals surface area contributed by atoms with E-state index >= 15 is 0 Å². The van der Waals surface area contributed by atoms with Crippen molar-refractivity contribution in [3.63, 3.8) is 0 Å². The zero-order valence-electron chi connectivity index (χ0n) is 17.1. The standard InChI is InChI=1S/C24H21ClN2O3S/c1-15(2)30-18-11-9-17(10-12-18)26-22-21(20-8-5-13-31-20)23(28)27(24(22)29)14-16-6-3-4-7-19(16)25/h3-13,15,26H,14H2,1-2H3. The Morgan fingerprint density at radius 3 is 2.39 bits per heavy atom. The molecule has 0 saturated heterocycles. The van der Waals surface area contributed by atoms with E-state index in [0.29, 0.717) is 21.8 Å². The third kappa shape index (κ3) is 4.50. The number of halogens is 1. The number of hydrogen-bond acceptors (Lipinski definition) is 5. The highest BCUT2D eigenvalue weighted by Gasteiger charge is 2.39. The lowest BCUT2D eigenvalue weighted by Gasteiger charge is -2.16. The third-order valence-electron chi connectivity index (χ3n) is 4.72. The van der Waals surface area contributed by atoms with Gasteiger partial charge in [0.15, 0.2) is 0 Å². The van der Waals surface area contributed by atoms with E-state index in [-0.39, 0.29) is 30.2 Å². The van der Waals surface area contributed by atoms with Crippen molar-refractivity contribution in [1.29, 1.82) is 0 Å². The van der Waals surface area contributed by atoms with Crippen LogP contribution in [0.5, 0.6) is 5.75 Å². The van der Waals surface area contributed by atoms with E-state index in [1.165, 1.54) is 16.2 Å². The molecule has 7 heteroatoms. The fourth-order valence-electron chi connectivity index (χ4n) is 3.32. The first-order valence-corrected chi connectivity index (χ1v) is 11.1. The number of ether oxygens (including phenoxy) is 1. The van der Waals surface area contributed by atoms with Gasteiger partial charge in [-0.1, -0.05) is 35.9 Å². The number of thiophene rings is 1. The Bertz CT molecular complexity index is 1140. The summed E-state index contributed by atoms with van der Waals surface area (Å²) in [7, 11) is 0. The van der Waals surface area contributed by atoms with Crippen molar-refractivity contribution in [3.8, 4) is 5.75 Å². The number of anilines is 1. The van der Waals surface area contributed by atoms with Crippen molar-refractivity contribution >= 4 is 46.0 Å². The molecule has 3 aromatic rings. The van der Waals surface area contributed by atoms with E-state index in [1.54, 1.807) is 6.07 Å². The Morgan fingerprint density at radius 1 is 1.00 bits per heavy atom. The first-order valence-electron chi connectivity index (χ1n) is 9.85. The maximum atomic E-state index is 13.3. The molecule has 0 spiro atoms. The molecule has 158 valence electrons. The zero-order chi connectivity index (χ0) is 22.0. The summed E-state index contributed by atoms with van der Waals surface area (Å²) < 4.78 is 5.67. The average Bonchev–Trinajstić information content (AvgIpc) is 3.34. The Kier molecular flexibility index (Phi) is 6.11. The van der Waals surface area contributed by atoms with Crippen molar-refractivity contribution in [1.82, 2.24) is 4.90 Å². The van der Waals surface area contributed by atoms with Crippen LogP contribution in [0.25, 0.3) is 5.57 Å². The minimum Gasteiger partial charge on any atom is -0.491 e. The normalized spacial score (nSPS) is 14.0. The third-order valence-corrected chi connectivity index (χ3v) is 5.97. The lowest BCUT2D eigenvalue weighted by molar-refractivity contribution is -0.137. The second kappa shape index (κ2) is 8.96. The molecular formula is C24H21ClN2O3S. The van der Waals surface area contributed by atoms with Crippen LogP contribution in [0.4, 0.5) is 5.69 Å². The van der Waals surface area contributed by atoms with E-state index in [2.05, 4.69) is 5.32 Å². The number of benzene rings is 2. The molecule has 1 N–H and O–H groups in total. The molecule has 0 fully saturated rings. The maximum absolute atomic E-state index is 13.3. The quantitative estimate of drug-likeness (QED) is 0.475. The Labute approximate surface area is 189 Å². The smallest absolute Gasteiger partial charge is 0.278 e. The summed E-state index contributed by atoms with van der Waals surface area (Å²) >= 11 is 7.68. The van der Waals surface area contributed by atoms with Crippen molar-refractivity contribution in [2.75, 3.05) is 5.32 Å². The summed E-state index contributed by atoms with van der Waals surface area (Å²) in [4.78, 5) is 28.5. The van der Waals surface area contributed by atoms with Gasteiger partial charge in [-0.05, 0) is 61.2 Å². The van der Waals surface area contributed by atoms with Gasteiger partial charge in [-0.15, -0.1) is 11.3 Å². The SMILES string of the molecule is CC(C)Oc1ccc(NC2=C(c3cccs3)C(=O)N(Cc3ccccc3Cl)C2=O)cc1. The number of hydrogen-bond donors (Lipinski definition) is 1. The van der Waals surface area contributed by atoms with E-state index in [4.69, 9.17) is 16.3 Å². The summed E-state index contributed by atoms with van der Waals surface area (Å²) in [5.74, 6) is 0.0210. The van der Waals surface area contributed by atoms with E-state index < -0.39 is 0 Å². The number of carbonyl (C=O) groups is 2. The van der Waals surface area contributed by atoms with Gasteiger partial charge < -0.3 is 10.1 Å². The molecule has 1 aliphatic rings. The predicted octanol–water partition coefficient (Wildman–Crippen LogP) is 5.58. The lowest BCUT2D eigenvalue weighted by Crippen LogP contribution is -2.32. The topological polar surface area (TPSA) is 58.6 Å². The van der Waals surface area contributed by atoms with Gasteiger partial charge in [0.05, 0.1) is 18.2 Å². The molecule has 0 atom stereocenters. The lowest BCUT2D eigenvalue weighted by atomic mass is 10.1. The maximum Gasteiger partial charge on any atom is 0.278 e. The first-order chi connectivity index (χ1) is 14.9. The summed E-state index contributed by atoms with van der Waals surface area (Å²) in [6.45, 7) is 4.03. The van der Waals surface area contributed by atoms with Gasteiger partial charge in [-0.2, -0.15) is 0 Å². The molecule has 31 heavy (non-hydrogen) atoms. The van der Waals surface area contributed by atoms with Crippen molar-refractivity contribution in [3.05, 3.63) is 87.2 Å². The molecule has 4 rings (SSSR count). The van der Waals surface area contributed by atoms with Crippen molar-refractivity contribution in [2.45, 2.75) is 26.5 Å². The van der Waals surface area contributed by atoms with Gasteiger partial charge in [-0.3, -0.25) is 14.5 Å². The van der Waals surface area contributed by atoms with Crippen LogP contribution < -0.4 is 10.1 Å². The van der Waals surface area contributed by atoms with Crippen LogP contribution in [0.15, 0.2) is 71.7 Å². The van der Waals surface area contributed by atoms with Crippen LogP contribution in [-0.4, -0.2) is 22.8 Å². The van der Waals surface area contributed by atoms with Crippen LogP contribution in [0.2, 0.25) is 5.02 Å². The molecule has 5 nitrogen and oxygen atoms in total. The second-order valence-corrected chi connectivity index (χ2v) is 8.69.